The van der Waals surface area contributed by atoms with Gasteiger partial charge < -0.3 is 9.84 Å². The van der Waals surface area contributed by atoms with E-state index in [1.807, 2.05) is 0 Å². The Hall–Kier alpha value is -1.32. The van der Waals surface area contributed by atoms with Gasteiger partial charge in [-0.1, -0.05) is 0 Å². The van der Waals surface area contributed by atoms with Crippen LogP contribution in [0.5, 0.6) is 0 Å². The maximum atomic E-state index is 10.6. The van der Waals surface area contributed by atoms with Crippen LogP contribution >= 0.6 is 0 Å². The maximum absolute atomic E-state index is 10.6. The number of ether oxygens (including phenoxy) is 1. The Morgan fingerprint density at radius 1 is 1.55 bits per heavy atom. The fourth-order valence-corrected chi connectivity index (χ4v) is 0.456. The van der Waals surface area contributed by atoms with E-state index in [0.29, 0.717) is 0 Å². The molecule has 0 radical (unpaired) electrons. The van der Waals surface area contributed by atoms with Crippen LogP contribution in [0.25, 0.3) is 0 Å². The fraction of sp³-hybridized carbons (Fsp3) is 0.429. The highest BCUT2D eigenvalue weighted by molar-refractivity contribution is 5.96. The number of hydrogen-bond acceptors (Lipinski definition) is 4. The summed E-state index contributed by atoms with van der Waals surface area (Å²) >= 11 is 0. The predicted octanol–water partition coefficient (Wildman–Crippen LogP) is 0.580. The van der Waals surface area contributed by atoms with Crippen LogP contribution in [0.1, 0.15) is 13.8 Å². The van der Waals surface area contributed by atoms with Crippen LogP contribution < -0.4 is 0 Å². The first kappa shape index (κ1) is 9.68. The van der Waals surface area contributed by atoms with Gasteiger partial charge in [0, 0.05) is 6.08 Å². The second-order valence-corrected chi connectivity index (χ2v) is 1.86. The highest BCUT2D eigenvalue weighted by Gasteiger charge is 2.07. The summed E-state index contributed by atoms with van der Waals surface area (Å²) in [6.45, 7) is 3.02. The lowest BCUT2D eigenvalue weighted by atomic mass is 10.3. The number of carbonyl (C=O) groups is 2. The van der Waals surface area contributed by atoms with Crippen LogP contribution in [-0.2, 0) is 14.3 Å². The van der Waals surface area contributed by atoms with Crippen molar-refractivity contribution in [1.82, 2.24) is 0 Å². The van der Waals surface area contributed by atoms with Gasteiger partial charge in [-0.2, -0.15) is 0 Å². The lowest BCUT2D eigenvalue weighted by Gasteiger charge is -1.97. The summed E-state index contributed by atoms with van der Waals surface area (Å²) in [6, 6.07) is 0. The van der Waals surface area contributed by atoms with Gasteiger partial charge in [-0.3, -0.25) is 4.79 Å². The molecule has 0 amide bonds. The van der Waals surface area contributed by atoms with Crippen molar-refractivity contribution in [2.24, 2.45) is 0 Å². The molecule has 0 heterocycles. The Balaban J connectivity index is 4.12. The predicted molar refractivity (Wildman–Crippen MR) is 38.0 cm³/mol. The van der Waals surface area contributed by atoms with E-state index in [4.69, 9.17) is 5.11 Å². The first-order valence-electron chi connectivity index (χ1n) is 3.16. The molecule has 11 heavy (non-hydrogen) atoms. The number of aliphatic hydroxyl groups excluding tert-OH is 1. The minimum absolute atomic E-state index is 0.175. The molecule has 0 aliphatic heterocycles. The molecule has 0 unspecified atom stereocenters. The topological polar surface area (TPSA) is 63.6 Å². The second-order valence-electron chi connectivity index (χ2n) is 1.86. The molecule has 0 rings (SSSR count). The van der Waals surface area contributed by atoms with E-state index in [2.05, 4.69) is 4.74 Å². The summed E-state index contributed by atoms with van der Waals surface area (Å²) in [6.07, 6.45) is 0.817. The molecule has 0 aromatic heterocycles. The van der Waals surface area contributed by atoms with Gasteiger partial charge >= 0.3 is 5.97 Å². The average molecular weight is 158 g/mol. The number of carbonyl (C=O) groups excluding carboxylic acids is 2. The van der Waals surface area contributed by atoms with Crippen molar-refractivity contribution in [2.75, 3.05) is 6.61 Å². The molecule has 62 valence electrons. The van der Waals surface area contributed by atoms with Crippen molar-refractivity contribution >= 4 is 11.8 Å². The largest absolute Gasteiger partial charge is 0.502 e. The van der Waals surface area contributed by atoms with E-state index in [9.17, 15) is 9.59 Å². The normalized spacial score (nSPS) is 10.9. The van der Waals surface area contributed by atoms with E-state index in [0.717, 1.165) is 6.08 Å². The van der Waals surface area contributed by atoms with Gasteiger partial charge in [-0.05, 0) is 13.8 Å². The standard InChI is InChI=1S/C7H10O4/c1-3-11-7(10)6(9)4-5(2)8/h4,9H,3H2,1-2H3/b6-4-. The molecule has 0 spiro atoms. The molecule has 0 aliphatic carbocycles. The Morgan fingerprint density at radius 2 is 2.09 bits per heavy atom. The summed E-state index contributed by atoms with van der Waals surface area (Å²) < 4.78 is 4.40. The summed E-state index contributed by atoms with van der Waals surface area (Å²) in [5, 5.41) is 8.78. The molecule has 0 bridgehead atoms. The molecular weight excluding hydrogens is 148 g/mol. The van der Waals surface area contributed by atoms with E-state index in [-0.39, 0.29) is 6.61 Å². The third-order valence-electron chi connectivity index (χ3n) is 0.825. The minimum Gasteiger partial charge on any atom is -0.502 e. The molecule has 0 saturated carbocycles. The van der Waals surface area contributed by atoms with Gasteiger partial charge in [0.1, 0.15) is 0 Å². The van der Waals surface area contributed by atoms with Gasteiger partial charge in [0.25, 0.3) is 0 Å². The smallest absolute Gasteiger partial charge is 0.373 e. The number of aliphatic hydroxyl groups is 1. The molecule has 0 aromatic carbocycles. The zero-order chi connectivity index (χ0) is 8.85. The molecule has 0 aliphatic rings. The zero-order valence-corrected chi connectivity index (χ0v) is 6.46. The molecule has 0 saturated heterocycles. The quantitative estimate of drug-likeness (QED) is 0.370. The molecule has 1 N–H and O–H groups in total. The van der Waals surface area contributed by atoms with Gasteiger partial charge in [0.15, 0.2) is 5.78 Å². The van der Waals surface area contributed by atoms with E-state index in [1.165, 1.54) is 6.92 Å². The van der Waals surface area contributed by atoms with Gasteiger partial charge in [-0.15, -0.1) is 0 Å². The first-order chi connectivity index (χ1) is 5.07. The number of rotatable bonds is 3. The lowest BCUT2D eigenvalue weighted by molar-refractivity contribution is -0.141. The van der Waals surface area contributed by atoms with Gasteiger partial charge in [0.2, 0.25) is 5.76 Å². The zero-order valence-electron chi connectivity index (χ0n) is 6.46. The summed E-state index contributed by atoms with van der Waals surface area (Å²) in [4.78, 5) is 20.9. The third-order valence-corrected chi connectivity index (χ3v) is 0.825. The van der Waals surface area contributed by atoms with Crippen LogP contribution in [0.15, 0.2) is 11.8 Å². The molecule has 0 atom stereocenters. The Labute approximate surface area is 64.5 Å². The molecule has 0 fully saturated rings. The fourth-order valence-electron chi connectivity index (χ4n) is 0.456. The van der Waals surface area contributed by atoms with Crippen LogP contribution in [0.2, 0.25) is 0 Å². The van der Waals surface area contributed by atoms with Gasteiger partial charge in [0.05, 0.1) is 6.61 Å². The maximum Gasteiger partial charge on any atom is 0.373 e. The number of esters is 1. The van der Waals surface area contributed by atoms with Crippen molar-refractivity contribution in [3.05, 3.63) is 11.8 Å². The van der Waals surface area contributed by atoms with Crippen LogP contribution in [0.3, 0.4) is 0 Å². The Kier molecular flexibility index (Phi) is 3.95. The van der Waals surface area contributed by atoms with Crippen molar-refractivity contribution in [2.45, 2.75) is 13.8 Å². The van der Waals surface area contributed by atoms with E-state index >= 15 is 0 Å². The first-order valence-corrected chi connectivity index (χ1v) is 3.16. The number of allylic oxidation sites excluding steroid dienone is 1. The lowest BCUT2D eigenvalue weighted by Crippen LogP contribution is -2.08. The van der Waals surface area contributed by atoms with Crippen LogP contribution in [0, 0.1) is 0 Å². The summed E-state index contributed by atoms with van der Waals surface area (Å²) in [7, 11) is 0. The number of ketones is 1. The third kappa shape index (κ3) is 4.13. The van der Waals surface area contributed by atoms with Crippen LogP contribution in [-0.4, -0.2) is 23.5 Å². The van der Waals surface area contributed by atoms with Crippen molar-refractivity contribution in [3.63, 3.8) is 0 Å². The highest BCUT2D eigenvalue weighted by Crippen LogP contribution is 1.92. The van der Waals surface area contributed by atoms with Crippen molar-refractivity contribution < 1.29 is 19.4 Å². The van der Waals surface area contributed by atoms with E-state index in [1.54, 1.807) is 6.92 Å². The second kappa shape index (κ2) is 4.49. The highest BCUT2D eigenvalue weighted by atomic mass is 16.5. The summed E-state index contributed by atoms with van der Waals surface area (Å²) in [5.74, 6) is -1.92. The van der Waals surface area contributed by atoms with Gasteiger partial charge in [-0.25, -0.2) is 4.79 Å². The number of hydrogen-bond donors (Lipinski definition) is 1. The Bertz CT molecular complexity index is 193. The minimum atomic E-state index is -0.872. The molecule has 4 nitrogen and oxygen atoms in total. The van der Waals surface area contributed by atoms with Crippen molar-refractivity contribution in [3.8, 4) is 0 Å². The average Bonchev–Trinajstić information content (AvgIpc) is 1.86. The Morgan fingerprint density at radius 3 is 2.45 bits per heavy atom. The monoisotopic (exact) mass is 158 g/mol. The molecule has 4 heteroatoms. The summed E-state index contributed by atoms with van der Waals surface area (Å²) in [5.41, 5.74) is 0. The van der Waals surface area contributed by atoms with E-state index < -0.39 is 17.5 Å². The van der Waals surface area contributed by atoms with Crippen LogP contribution in [0.4, 0.5) is 0 Å². The SMILES string of the molecule is CCOC(=O)/C(O)=C/C(C)=O. The van der Waals surface area contributed by atoms with Crippen molar-refractivity contribution in [1.29, 1.82) is 0 Å². The molecular formula is C7H10O4. The molecule has 0 aromatic rings.